The minimum atomic E-state index is -1.96. The molecule has 0 bridgehead atoms. The normalized spacial score (nSPS) is 52.9. The molecule has 4 saturated heterocycles. The summed E-state index contributed by atoms with van der Waals surface area (Å²) in [6.45, 7) is -3.28. The Hall–Kier alpha value is -0.840. The first kappa shape index (κ1) is 37.0. The van der Waals surface area contributed by atoms with Gasteiger partial charge < -0.3 is 105 Å². The van der Waals surface area contributed by atoms with Crippen molar-refractivity contribution in [1.82, 2.24) is 0 Å². The first-order valence-electron chi connectivity index (χ1n) is 14.2. The summed E-state index contributed by atoms with van der Waals surface area (Å²) in [5.74, 6) is 0. The highest BCUT2D eigenvalue weighted by molar-refractivity contribution is 4.98. The topological polar surface area (TPSA) is 354 Å². The molecule has 15 N–H and O–H groups in total. The van der Waals surface area contributed by atoms with E-state index in [2.05, 4.69) is 0 Å². The molecule has 0 aromatic carbocycles. The number of nitrogens with two attached hydrogens (primary N) is 1. The molecule has 0 saturated carbocycles. The van der Waals surface area contributed by atoms with E-state index in [9.17, 15) is 66.4 Å². The first-order valence-corrected chi connectivity index (χ1v) is 14.2. The number of hydrogen-bond acceptors (Lipinski definition) is 21. The molecule has 264 valence electrons. The summed E-state index contributed by atoms with van der Waals surface area (Å²) in [6, 6.07) is -1.55. The molecule has 0 aliphatic carbocycles. The lowest BCUT2D eigenvalue weighted by molar-refractivity contribution is -0.379. The van der Waals surface area contributed by atoms with Gasteiger partial charge in [0.1, 0.15) is 91.6 Å². The lowest BCUT2D eigenvalue weighted by Crippen LogP contribution is -2.69. The third kappa shape index (κ3) is 7.44. The Kier molecular flexibility index (Phi) is 12.8. The molecule has 20 atom stereocenters. The lowest BCUT2D eigenvalue weighted by Gasteiger charge is -2.49. The zero-order valence-electron chi connectivity index (χ0n) is 23.6. The SMILES string of the molecule is N[C@H]1[C@H](O[C@H]2[C@@H](O)[C@@H](CO)O[C@@H](O[C@H]3[C@H](O)[C@@H](O)[C@H](O)O[C@@H]3CO)[C@@H]2O)O[C@H](CO)[C@@H](O[C@@H]2O[C@H](CO)[C@H](O)[C@H](O)[C@H]2O)[C@@H]1O. The minimum Gasteiger partial charge on any atom is -0.394 e. The minimum absolute atomic E-state index is 0.765. The highest BCUT2D eigenvalue weighted by Gasteiger charge is 2.54. The Morgan fingerprint density at radius 2 is 0.844 bits per heavy atom. The molecule has 0 aromatic heterocycles. The fourth-order valence-corrected chi connectivity index (χ4v) is 5.58. The lowest BCUT2D eigenvalue weighted by atomic mass is 9.95. The van der Waals surface area contributed by atoms with Crippen LogP contribution >= 0.6 is 0 Å². The van der Waals surface area contributed by atoms with Gasteiger partial charge in [0.05, 0.1) is 32.5 Å². The van der Waals surface area contributed by atoms with Crippen LogP contribution in [0, 0.1) is 0 Å². The largest absolute Gasteiger partial charge is 0.394 e. The van der Waals surface area contributed by atoms with Crippen LogP contribution in [0.1, 0.15) is 0 Å². The van der Waals surface area contributed by atoms with Crippen molar-refractivity contribution in [3.63, 3.8) is 0 Å². The van der Waals surface area contributed by atoms with Crippen molar-refractivity contribution in [1.29, 1.82) is 0 Å². The number of aliphatic hydroxyl groups excluding tert-OH is 13. The van der Waals surface area contributed by atoms with E-state index in [-0.39, 0.29) is 0 Å². The van der Waals surface area contributed by atoms with Gasteiger partial charge in [-0.25, -0.2) is 0 Å². The van der Waals surface area contributed by atoms with Gasteiger partial charge in [0.2, 0.25) is 0 Å². The molecule has 4 fully saturated rings. The number of hydrogen-bond donors (Lipinski definition) is 14. The van der Waals surface area contributed by atoms with Gasteiger partial charge in [-0.1, -0.05) is 0 Å². The molecule has 21 heteroatoms. The Morgan fingerprint density at radius 3 is 1.40 bits per heavy atom. The molecule has 4 heterocycles. The first-order chi connectivity index (χ1) is 21.3. The summed E-state index contributed by atoms with van der Waals surface area (Å²) < 4.78 is 38.1. The molecule has 45 heavy (non-hydrogen) atoms. The van der Waals surface area contributed by atoms with Crippen LogP contribution in [0.4, 0.5) is 0 Å². The van der Waals surface area contributed by atoms with Crippen LogP contribution in [0.3, 0.4) is 0 Å². The van der Waals surface area contributed by atoms with Crippen molar-refractivity contribution < 1.29 is 99.5 Å². The predicted molar refractivity (Wildman–Crippen MR) is 136 cm³/mol. The van der Waals surface area contributed by atoms with E-state index in [0.717, 1.165) is 0 Å². The summed E-state index contributed by atoms with van der Waals surface area (Å²) in [6.07, 6.45) is -32.4. The molecule has 0 aromatic rings. The molecule has 4 aliphatic rings. The fourth-order valence-electron chi connectivity index (χ4n) is 5.58. The average Bonchev–Trinajstić information content (AvgIpc) is 3.03. The van der Waals surface area contributed by atoms with Gasteiger partial charge in [0, 0.05) is 0 Å². The number of rotatable bonds is 10. The number of ether oxygens (including phenoxy) is 7. The van der Waals surface area contributed by atoms with E-state index in [0.29, 0.717) is 0 Å². The average molecular weight is 666 g/mol. The van der Waals surface area contributed by atoms with Crippen LogP contribution in [0.15, 0.2) is 0 Å². The molecule has 21 nitrogen and oxygen atoms in total. The second-order valence-corrected chi connectivity index (χ2v) is 11.2. The molecular formula is C24H43NO20. The summed E-state index contributed by atoms with van der Waals surface area (Å²) in [5.41, 5.74) is 6.12. The monoisotopic (exact) mass is 665 g/mol. The zero-order valence-corrected chi connectivity index (χ0v) is 23.6. The van der Waals surface area contributed by atoms with Crippen molar-refractivity contribution in [2.45, 2.75) is 123 Å². The van der Waals surface area contributed by atoms with Crippen LogP contribution in [0.5, 0.6) is 0 Å². The Morgan fingerprint density at radius 1 is 0.400 bits per heavy atom. The van der Waals surface area contributed by atoms with E-state index in [1.165, 1.54) is 0 Å². The van der Waals surface area contributed by atoms with Gasteiger partial charge in [-0.2, -0.15) is 0 Å². The highest BCUT2D eigenvalue weighted by atomic mass is 16.8. The van der Waals surface area contributed by atoms with Gasteiger partial charge in [-0.3, -0.25) is 0 Å². The fraction of sp³-hybridized carbons (Fsp3) is 1.00. The maximum absolute atomic E-state index is 11.0. The van der Waals surface area contributed by atoms with Gasteiger partial charge in [0.15, 0.2) is 25.2 Å². The van der Waals surface area contributed by atoms with Gasteiger partial charge in [-0.05, 0) is 0 Å². The van der Waals surface area contributed by atoms with Crippen LogP contribution in [0.25, 0.3) is 0 Å². The van der Waals surface area contributed by atoms with Gasteiger partial charge in [-0.15, -0.1) is 0 Å². The smallest absolute Gasteiger partial charge is 0.187 e. The quantitative estimate of drug-likeness (QED) is 0.103. The molecule has 0 radical (unpaired) electrons. The Bertz CT molecular complexity index is 918. The van der Waals surface area contributed by atoms with Crippen LogP contribution in [-0.2, 0) is 33.2 Å². The predicted octanol–water partition coefficient (Wildman–Crippen LogP) is -9.78. The summed E-state index contributed by atoms with van der Waals surface area (Å²) >= 11 is 0. The third-order valence-electron chi connectivity index (χ3n) is 8.28. The van der Waals surface area contributed by atoms with Crippen molar-refractivity contribution in [3.8, 4) is 0 Å². The second kappa shape index (κ2) is 15.6. The molecule has 0 unspecified atom stereocenters. The van der Waals surface area contributed by atoms with E-state index < -0.39 is 149 Å². The highest BCUT2D eigenvalue weighted by Crippen LogP contribution is 2.33. The maximum Gasteiger partial charge on any atom is 0.187 e. The van der Waals surface area contributed by atoms with Crippen LogP contribution in [0.2, 0.25) is 0 Å². The molecule has 0 spiro atoms. The summed E-state index contributed by atoms with van der Waals surface area (Å²) in [7, 11) is 0. The van der Waals surface area contributed by atoms with Crippen LogP contribution < -0.4 is 5.73 Å². The van der Waals surface area contributed by atoms with Gasteiger partial charge in [0.25, 0.3) is 0 Å². The van der Waals surface area contributed by atoms with Crippen molar-refractivity contribution in [3.05, 3.63) is 0 Å². The van der Waals surface area contributed by atoms with Crippen molar-refractivity contribution >= 4 is 0 Å². The third-order valence-corrected chi connectivity index (χ3v) is 8.28. The Labute approximate surface area is 255 Å². The van der Waals surface area contributed by atoms with E-state index in [1.807, 2.05) is 0 Å². The van der Waals surface area contributed by atoms with Gasteiger partial charge >= 0.3 is 0 Å². The van der Waals surface area contributed by atoms with E-state index in [4.69, 9.17) is 38.9 Å². The number of aliphatic hydroxyl groups is 13. The molecule has 4 rings (SSSR count). The molecule has 0 amide bonds. The summed E-state index contributed by atoms with van der Waals surface area (Å²) in [4.78, 5) is 0. The van der Waals surface area contributed by atoms with Crippen LogP contribution in [-0.4, -0.2) is 216 Å². The molecular weight excluding hydrogens is 622 g/mol. The zero-order chi connectivity index (χ0) is 33.3. The second-order valence-electron chi connectivity index (χ2n) is 11.2. The van der Waals surface area contributed by atoms with Crippen molar-refractivity contribution in [2.24, 2.45) is 5.73 Å². The van der Waals surface area contributed by atoms with Crippen molar-refractivity contribution in [2.75, 3.05) is 26.4 Å². The standard InChI is InChI=1S/C24H43NO20/c25-9-12(32)18(43-23-16(36)13(33)10(30)5(1-26)40-23)8(4-29)42-22(9)45-20-11(31)6(2-27)41-24(17(20)37)44-19-7(3-28)39-21(38)15(35)14(19)34/h5-24,26-38H,1-4,25H2/t5-,6-,7-,8-,9-,10+,11+,12-,13+,14-,15-,16-,17-,18-,19-,20+,21-,22+,23+,24+/m1/s1. The van der Waals surface area contributed by atoms with E-state index in [1.54, 1.807) is 0 Å². The summed E-state index contributed by atoms with van der Waals surface area (Å²) in [5, 5.41) is 132. The maximum atomic E-state index is 11.0. The van der Waals surface area contributed by atoms with E-state index >= 15 is 0 Å². The Balaban J connectivity index is 1.48. The molecule has 4 aliphatic heterocycles.